The molecule has 1 rings (SSSR count). The minimum absolute atomic E-state index is 0.0941. The van der Waals surface area contributed by atoms with Gasteiger partial charge in [-0.05, 0) is 24.7 Å². The van der Waals surface area contributed by atoms with E-state index in [0.29, 0.717) is 5.41 Å². The standard InChI is InChI=1S/C10H19NO/c1-9(12)11-8-7-10(2)5-3-4-6-10/h3-8H2,1-2H3,(H,11,12). The summed E-state index contributed by atoms with van der Waals surface area (Å²) in [7, 11) is 0. The molecule has 70 valence electrons. The van der Waals surface area contributed by atoms with Gasteiger partial charge in [-0.2, -0.15) is 0 Å². The van der Waals surface area contributed by atoms with Crippen molar-refractivity contribution in [3.05, 3.63) is 0 Å². The van der Waals surface area contributed by atoms with Crippen LogP contribution in [0.4, 0.5) is 0 Å². The molecule has 1 saturated carbocycles. The molecule has 1 aliphatic carbocycles. The van der Waals surface area contributed by atoms with E-state index in [-0.39, 0.29) is 5.91 Å². The monoisotopic (exact) mass is 169 g/mol. The summed E-state index contributed by atoms with van der Waals surface area (Å²) >= 11 is 0. The van der Waals surface area contributed by atoms with Crippen LogP contribution in [0.5, 0.6) is 0 Å². The molecule has 0 aliphatic heterocycles. The number of hydrogen-bond acceptors (Lipinski definition) is 1. The van der Waals surface area contributed by atoms with Gasteiger partial charge in [0.15, 0.2) is 0 Å². The van der Waals surface area contributed by atoms with Gasteiger partial charge in [-0.25, -0.2) is 0 Å². The predicted octanol–water partition coefficient (Wildman–Crippen LogP) is 2.09. The molecule has 1 N–H and O–H groups in total. The van der Waals surface area contributed by atoms with Gasteiger partial charge in [-0.3, -0.25) is 4.79 Å². The van der Waals surface area contributed by atoms with Crippen molar-refractivity contribution >= 4 is 5.91 Å². The van der Waals surface area contributed by atoms with Crippen molar-refractivity contribution in [2.75, 3.05) is 6.54 Å². The van der Waals surface area contributed by atoms with E-state index in [0.717, 1.165) is 13.0 Å². The predicted molar refractivity (Wildman–Crippen MR) is 49.9 cm³/mol. The largest absolute Gasteiger partial charge is 0.356 e. The van der Waals surface area contributed by atoms with E-state index in [1.165, 1.54) is 25.7 Å². The lowest BCUT2D eigenvalue weighted by Gasteiger charge is -2.22. The lowest BCUT2D eigenvalue weighted by atomic mass is 9.85. The van der Waals surface area contributed by atoms with Crippen molar-refractivity contribution in [1.29, 1.82) is 0 Å². The zero-order chi connectivity index (χ0) is 9.03. The fraction of sp³-hybridized carbons (Fsp3) is 0.900. The zero-order valence-corrected chi connectivity index (χ0v) is 8.15. The van der Waals surface area contributed by atoms with Gasteiger partial charge >= 0.3 is 0 Å². The second-order valence-electron chi connectivity index (χ2n) is 4.25. The van der Waals surface area contributed by atoms with Crippen LogP contribution < -0.4 is 5.32 Å². The van der Waals surface area contributed by atoms with Gasteiger partial charge in [0.2, 0.25) is 5.91 Å². The number of carbonyl (C=O) groups is 1. The highest BCUT2D eigenvalue weighted by Gasteiger charge is 2.27. The maximum atomic E-state index is 10.6. The van der Waals surface area contributed by atoms with Crippen molar-refractivity contribution in [2.24, 2.45) is 5.41 Å². The van der Waals surface area contributed by atoms with Gasteiger partial charge in [-0.1, -0.05) is 19.8 Å². The molecule has 12 heavy (non-hydrogen) atoms. The van der Waals surface area contributed by atoms with E-state index in [2.05, 4.69) is 12.2 Å². The van der Waals surface area contributed by atoms with Crippen LogP contribution in [0.2, 0.25) is 0 Å². The third kappa shape index (κ3) is 2.84. The molecule has 0 unspecified atom stereocenters. The Bertz CT molecular complexity index is 159. The molecule has 0 radical (unpaired) electrons. The highest BCUT2D eigenvalue weighted by Crippen LogP contribution is 2.39. The van der Waals surface area contributed by atoms with E-state index in [1.807, 2.05) is 0 Å². The number of nitrogens with one attached hydrogen (secondary N) is 1. The Labute approximate surface area is 74.7 Å². The van der Waals surface area contributed by atoms with Crippen LogP contribution in [-0.4, -0.2) is 12.5 Å². The molecular formula is C10H19NO. The SMILES string of the molecule is CC(=O)NCCC1(C)CCCC1. The summed E-state index contributed by atoms with van der Waals surface area (Å²) in [6.07, 6.45) is 6.57. The number of amides is 1. The van der Waals surface area contributed by atoms with E-state index in [1.54, 1.807) is 6.92 Å². The number of rotatable bonds is 3. The highest BCUT2D eigenvalue weighted by molar-refractivity contribution is 5.72. The topological polar surface area (TPSA) is 29.1 Å². The minimum atomic E-state index is 0.0941. The van der Waals surface area contributed by atoms with E-state index >= 15 is 0 Å². The average Bonchev–Trinajstić information content (AvgIpc) is 2.35. The fourth-order valence-corrected chi connectivity index (χ4v) is 2.02. The molecular weight excluding hydrogens is 150 g/mol. The van der Waals surface area contributed by atoms with E-state index in [9.17, 15) is 4.79 Å². The fourth-order valence-electron chi connectivity index (χ4n) is 2.02. The lowest BCUT2D eigenvalue weighted by molar-refractivity contribution is -0.119. The summed E-state index contributed by atoms with van der Waals surface area (Å²) in [6, 6.07) is 0. The Morgan fingerprint density at radius 2 is 2.00 bits per heavy atom. The first kappa shape index (κ1) is 9.56. The molecule has 1 fully saturated rings. The Morgan fingerprint density at radius 1 is 1.42 bits per heavy atom. The molecule has 1 amide bonds. The minimum Gasteiger partial charge on any atom is -0.356 e. The Morgan fingerprint density at radius 3 is 2.50 bits per heavy atom. The summed E-state index contributed by atoms with van der Waals surface area (Å²) in [5.74, 6) is 0.0941. The van der Waals surface area contributed by atoms with Crippen molar-refractivity contribution < 1.29 is 4.79 Å². The van der Waals surface area contributed by atoms with Crippen LogP contribution in [0.3, 0.4) is 0 Å². The third-order valence-electron chi connectivity index (χ3n) is 2.91. The van der Waals surface area contributed by atoms with Crippen LogP contribution in [0.25, 0.3) is 0 Å². The summed E-state index contributed by atoms with van der Waals surface area (Å²) < 4.78 is 0. The van der Waals surface area contributed by atoms with Gasteiger partial charge in [0.1, 0.15) is 0 Å². The summed E-state index contributed by atoms with van der Waals surface area (Å²) in [5, 5.41) is 2.86. The zero-order valence-electron chi connectivity index (χ0n) is 8.15. The summed E-state index contributed by atoms with van der Waals surface area (Å²) in [5.41, 5.74) is 0.516. The molecule has 2 heteroatoms. The Hall–Kier alpha value is -0.530. The molecule has 0 aromatic rings. The second kappa shape index (κ2) is 3.92. The Kier molecular flexibility index (Phi) is 3.12. The number of carbonyl (C=O) groups excluding carboxylic acids is 1. The van der Waals surface area contributed by atoms with Crippen LogP contribution in [0.1, 0.15) is 46.0 Å². The van der Waals surface area contributed by atoms with Crippen molar-refractivity contribution in [3.8, 4) is 0 Å². The summed E-state index contributed by atoms with van der Waals surface area (Å²) in [6.45, 7) is 4.77. The first-order valence-corrected chi connectivity index (χ1v) is 4.87. The molecule has 1 aliphatic rings. The Balaban J connectivity index is 2.17. The van der Waals surface area contributed by atoms with Crippen molar-refractivity contribution in [2.45, 2.75) is 46.0 Å². The van der Waals surface area contributed by atoms with Crippen LogP contribution >= 0.6 is 0 Å². The summed E-state index contributed by atoms with van der Waals surface area (Å²) in [4.78, 5) is 10.6. The van der Waals surface area contributed by atoms with Crippen molar-refractivity contribution in [1.82, 2.24) is 5.32 Å². The second-order valence-corrected chi connectivity index (χ2v) is 4.25. The van der Waals surface area contributed by atoms with Crippen molar-refractivity contribution in [3.63, 3.8) is 0 Å². The maximum Gasteiger partial charge on any atom is 0.216 e. The first-order chi connectivity index (χ1) is 5.62. The van der Waals surface area contributed by atoms with Gasteiger partial charge in [0.25, 0.3) is 0 Å². The quantitative estimate of drug-likeness (QED) is 0.688. The van der Waals surface area contributed by atoms with Crippen LogP contribution in [0.15, 0.2) is 0 Å². The van der Waals surface area contributed by atoms with Gasteiger partial charge in [-0.15, -0.1) is 0 Å². The molecule has 0 bridgehead atoms. The lowest BCUT2D eigenvalue weighted by Crippen LogP contribution is -2.25. The smallest absolute Gasteiger partial charge is 0.216 e. The van der Waals surface area contributed by atoms with E-state index in [4.69, 9.17) is 0 Å². The van der Waals surface area contributed by atoms with Crippen LogP contribution in [0, 0.1) is 5.41 Å². The molecule has 0 saturated heterocycles. The molecule has 0 aromatic heterocycles. The third-order valence-corrected chi connectivity index (χ3v) is 2.91. The molecule has 0 aromatic carbocycles. The van der Waals surface area contributed by atoms with E-state index < -0.39 is 0 Å². The average molecular weight is 169 g/mol. The maximum absolute atomic E-state index is 10.6. The molecule has 0 heterocycles. The van der Waals surface area contributed by atoms with Gasteiger partial charge in [0.05, 0.1) is 0 Å². The highest BCUT2D eigenvalue weighted by atomic mass is 16.1. The normalized spacial score (nSPS) is 20.8. The first-order valence-electron chi connectivity index (χ1n) is 4.87. The molecule has 0 atom stereocenters. The molecule has 2 nitrogen and oxygen atoms in total. The van der Waals surface area contributed by atoms with Gasteiger partial charge < -0.3 is 5.32 Å². The van der Waals surface area contributed by atoms with Gasteiger partial charge in [0, 0.05) is 13.5 Å². The van der Waals surface area contributed by atoms with Crippen LogP contribution in [-0.2, 0) is 4.79 Å². The molecule has 0 spiro atoms. The number of hydrogen-bond donors (Lipinski definition) is 1.